The van der Waals surface area contributed by atoms with Crippen LogP contribution < -0.4 is 26.8 Å². The SMILES string of the molecule is N#CNC1=NC(c2ccc(OCCN3CCCC3)cc2)c2c(nc(N)c(C#N)c2N)N1. The van der Waals surface area contributed by atoms with Gasteiger partial charge in [-0.1, -0.05) is 12.1 Å². The van der Waals surface area contributed by atoms with Gasteiger partial charge in [-0.15, -0.1) is 0 Å². The molecule has 158 valence electrons. The number of fused-ring (bicyclic) bond motifs is 1. The third kappa shape index (κ3) is 4.15. The van der Waals surface area contributed by atoms with Crippen LogP contribution in [0.2, 0.25) is 0 Å². The van der Waals surface area contributed by atoms with Crippen molar-refractivity contribution in [1.82, 2.24) is 15.2 Å². The largest absolute Gasteiger partial charge is 0.492 e. The quantitative estimate of drug-likeness (QED) is 0.417. The van der Waals surface area contributed by atoms with Gasteiger partial charge in [-0.3, -0.25) is 10.2 Å². The van der Waals surface area contributed by atoms with E-state index in [9.17, 15) is 5.26 Å². The summed E-state index contributed by atoms with van der Waals surface area (Å²) in [5.41, 5.74) is 13.8. The lowest BCUT2D eigenvalue weighted by Gasteiger charge is -2.26. The summed E-state index contributed by atoms with van der Waals surface area (Å²) in [5, 5.41) is 23.8. The first kappa shape index (κ1) is 20.3. The van der Waals surface area contributed by atoms with E-state index in [1.165, 1.54) is 12.8 Å². The molecule has 31 heavy (non-hydrogen) atoms. The molecule has 0 amide bonds. The van der Waals surface area contributed by atoms with Crippen molar-refractivity contribution in [3.63, 3.8) is 0 Å². The Hall–Kier alpha value is -4.02. The van der Waals surface area contributed by atoms with Gasteiger partial charge in [0.05, 0.1) is 5.69 Å². The zero-order chi connectivity index (χ0) is 21.8. The second-order valence-electron chi connectivity index (χ2n) is 7.37. The molecule has 2 aliphatic heterocycles. The Labute approximate surface area is 180 Å². The van der Waals surface area contributed by atoms with Gasteiger partial charge in [0, 0.05) is 12.1 Å². The average molecular weight is 417 g/mol. The van der Waals surface area contributed by atoms with Crippen LogP contribution in [-0.2, 0) is 0 Å². The third-order valence-electron chi connectivity index (χ3n) is 5.43. The number of nitrogens with zero attached hydrogens (tertiary/aromatic N) is 5. The van der Waals surface area contributed by atoms with Crippen molar-refractivity contribution in [1.29, 1.82) is 10.5 Å². The van der Waals surface area contributed by atoms with Gasteiger partial charge in [-0.25, -0.2) is 9.98 Å². The molecule has 0 saturated carbocycles. The number of pyridine rings is 1. The van der Waals surface area contributed by atoms with Crippen molar-refractivity contribution in [3.8, 4) is 18.0 Å². The van der Waals surface area contributed by atoms with Gasteiger partial charge < -0.3 is 21.5 Å². The van der Waals surface area contributed by atoms with E-state index in [2.05, 4.69) is 25.5 Å². The average Bonchev–Trinajstić information content (AvgIpc) is 3.28. The van der Waals surface area contributed by atoms with Gasteiger partial charge in [0.15, 0.2) is 6.19 Å². The van der Waals surface area contributed by atoms with E-state index in [1.54, 1.807) is 0 Å². The Bertz CT molecular complexity index is 1080. The number of aliphatic imine (C=N–C) groups is 1. The number of likely N-dealkylation sites (tertiary alicyclic amines) is 1. The number of nitrogens with two attached hydrogens (primary N) is 2. The zero-order valence-corrected chi connectivity index (χ0v) is 16.9. The van der Waals surface area contributed by atoms with Gasteiger partial charge in [0.25, 0.3) is 0 Å². The van der Waals surface area contributed by atoms with E-state index >= 15 is 0 Å². The van der Waals surface area contributed by atoms with Crippen molar-refractivity contribution >= 4 is 23.3 Å². The molecule has 3 heterocycles. The summed E-state index contributed by atoms with van der Waals surface area (Å²) in [5.74, 6) is 1.36. The maximum Gasteiger partial charge on any atom is 0.211 e. The van der Waals surface area contributed by atoms with Crippen molar-refractivity contribution < 1.29 is 4.74 Å². The number of rotatable bonds is 5. The monoisotopic (exact) mass is 417 g/mol. The summed E-state index contributed by atoms with van der Waals surface area (Å²) in [6, 6.07) is 8.96. The predicted octanol–water partition coefficient (Wildman–Crippen LogP) is 1.53. The van der Waals surface area contributed by atoms with Crippen LogP contribution in [0.3, 0.4) is 0 Å². The topological polar surface area (TPSA) is 161 Å². The zero-order valence-electron chi connectivity index (χ0n) is 16.9. The molecule has 2 aromatic rings. The number of anilines is 3. The molecule has 6 N–H and O–H groups in total. The maximum absolute atomic E-state index is 9.41. The summed E-state index contributed by atoms with van der Waals surface area (Å²) in [6.07, 6.45) is 4.35. The van der Waals surface area contributed by atoms with Crippen molar-refractivity contribution in [2.45, 2.75) is 18.9 Å². The van der Waals surface area contributed by atoms with Crippen LogP contribution in [0, 0.1) is 22.8 Å². The van der Waals surface area contributed by atoms with Gasteiger partial charge in [0.1, 0.15) is 41.7 Å². The van der Waals surface area contributed by atoms with Crippen LogP contribution >= 0.6 is 0 Å². The lowest BCUT2D eigenvalue weighted by atomic mass is 9.95. The molecule has 1 atom stereocenters. The number of nitrogens with one attached hydrogen (secondary N) is 2. The number of nitrogen functional groups attached to an aromatic ring is 2. The van der Waals surface area contributed by atoms with Gasteiger partial charge in [0.2, 0.25) is 5.96 Å². The van der Waals surface area contributed by atoms with E-state index in [0.29, 0.717) is 18.0 Å². The van der Waals surface area contributed by atoms with Gasteiger partial charge in [-0.2, -0.15) is 10.5 Å². The highest BCUT2D eigenvalue weighted by Crippen LogP contribution is 2.40. The first-order valence-corrected chi connectivity index (χ1v) is 10.0. The summed E-state index contributed by atoms with van der Waals surface area (Å²) in [7, 11) is 0. The minimum Gasteiger partial charge on any atom is -0.492 e. The smallest absolute Gasteiger partial charge is 0.211 e. The number of hydrogen-bond donors (Lipinski definition) is 4. The summed E-state index contributed by atoms with van der Waals surface area (Å²) in [6.45, 7) is 3.82. The summed E-state index contributed by atoms with van der Waals surface area (Å²) in [4.78, 5) is 11.2. The number of ether oxygens (including phenoxy) is 1. The third-order valence-corrected chi connectivity index (χ3v) is 5.43. The number of benzene rings is 1. The summed E-state index contributed by atoms with van der Waals surface area (Å²) < 4.78 is 5.87. The molecular weight excluding hydrogens is 394 g/mol. The Kier molecular flexibility index (Phi) is 5.74. The Morgan fingerprint density at radius 3 is 2.61 bits per heavy atom. The van der Waals surface area contributed by atoms with E-state index < -0.39 is 6.04 Å². The highest BCUT2D eigenvalue weighted by molar-refractivity contribution is 5.98. The minimum atomic E-state index is -0.564. The lowest BCUT2D eigenvalue weighted by Crippen LogP contribution is -2.32. The molecule has 0 spiro atoms. The van der Waals surface area contributed by atoms with Crippen LogP contribution in [0.15, 0.2) is 29.3 Å². The number of guanidine groups is 1. The Morgan fingerprint density at radius 2 is 1.94 bits per heavy atom. The van der Waals surface area contributed by atoms with Crippen LogP contribution in [0.4, 0.5) is 17.3 Å². The fraction of sp³-hybridized carbons (Fsp3) is 0.333. The lowest BCUT2D eigenvalue weighted by molar-refractivity contribution is 0.238. The second-order valence-corrected chi connectivity index (χ2v) is 7.37. The summed E-state index contributed by atoms with van der Waals surface area (Å²) >= 11 is 0. The first-order chi connectivity index (χ1) is 15.1. The first-order valence-electron chi connectivity index (χ1n) is 10.0. The fourth-order valence-electron chi connectivity index (χ4n) is 3.87. The van der Waals surface area contributed by atoms with Crippen LogP contribution in [0.5, 0.6) is 5.75 Å². The van der Waals surface area contributed by atoms with Crippen molar-refractivity contribution in [2.75, 3.05) is 43.0 Å². The van der Waals surface area contributed by atoms with Gasteiger partial charge in [-0.05, 0) is 43.6 Å². The molecule has 1 fully saturated rings. The normalized spacial score (nSPS) is 17.6. The number of aromatic nitrogens is 1. The van der Waals surface area contributed by atoms with Gasteiger partial charge >= 0.3 is 0 Å². The van der Waals surface area contributed by atoms with Crippen LogP contribution in [-0.4, -0.2) is 42.1 Å². The second kappa shape index (κ2) is 8.78. The number of nitriles is 2. The molecular formula is C21H23N9O. The molecule has 1 saturated heterocycles. The molecule has 10 nitrogen and oxygen atoms in total. The van der Waals surface area contributed by atoms with Crippen molar-refractivity contribution in [2.24, 2.45) is 4.99 Å². The predicted molar refractivity (Wildman–Crippen MR) is 117 cm³/mol. The minimum absolute atomic E-state index is 0.0185. The van der Waals surface area contributed by atoms with E-state index in [-0.39, 0.29) is 23.0 Å². The maximum atomic E-state index is 9.41. The molecule has 0 radical (unpaired) electrons. The Morgan fingerprint density at radius 1 is 1.19 bits per heavy atom. The number of hydrogen-bond acceptors (Lipinski definition) is 10. The molecule has 10 heteroatoms. The molecule has 1 unspecified atom stereocenters. The Balaban J connectivity index is 1.59. The van der Waals surface area contributed by atoms with E-state index in [0.717, 1.165) is 30.9 Å². The molecule has 1 aromatic heterocycles. The van der Waals surface area contributed by atoms with Crippen LogP contribution in [0.25, 0.3) is 0 Å². The molecule has 4 rings (SSSR count). The molecule has 0 bridgehead atoms. The highest BCUT2D eigenvalue weighted by Gasteiger charge is 2.29. The molecule has 2 aliphatic rings. The molecule has 0 aliphatic carbocycles. The fourth-order valence-corrected chi connectivity index (χ4v) is 3.87. The molecule has 1 aromatic carbocycles. The van der Waals surface area contributed by atoms with Crippen molar-refractivity contribution in [3.05, 3.63) is 41.0 Å². The van der Waals surface area contributed by atoms with Crippen LogP contribution in [0.1, 0.15) is 35.6 Å². The standard InChI is InChI=1S/C21H23N9O/c22-11-15-17(24)16-18(27-21(26-12-23)29-20(16)28-19(15)25)13-3-5-14(6-4-13)31-10-9-30-7-1-2-8-30/h3-6,18H,1-2,7-10H2,(H6,24,25,26,27,28,29). The van der Waals surface area contributed by atoms with E-state index in [4.69, 9.17) is 21.5 Å². The highest BCUT2D eigenvalue weighted by atomic mass is 16.5. The van der Waals surface area contributed by atoms with E-state index in [1.807, 2.05) is 36.5 Å².